The number of phenols is 1. The molecule has 5 rings (SSSR count). The van der Waals surface area contributed by atoms with Gasteiger partial charge in [0, 0.05) is 23.7 Å². The Hall–Kier alpha value is -2.41. The van der Waals surface area contributed by atoms with Gasteiger partial charge in [-0.05, 0) is 55.1 Å². The van der Waals surface area contributed by atoms with Crippen LogP contribution in [0.5, 0.6) is 5.75 Å². The van der Waals surface area contributed by atoms with Crippen LogP contribution < -0.4 is 0 Å². The number of aromatic nitrogens is 5. The Bertz CT molecular complexity index is 1000. The average molecular weight is 408 g/mol. The van der Waals surface area contributed by atoms with Crippen LogP contribution in [0.3, 0.4) is 0 Å². The summed E-state index contributed by atoms with van der Waals surface area (Å²) in [7, 11) is 0. The van der Waals surface area contributed by atoms with Crippen molar-refractivity contribution in [3.8, 4) is 22.8 Å². The monoisotopic (exact) mass is 407 g/mol. The van der Waals surface area contributed by atoms with Crippen LogP contribution in [-0.4, -0.2) is 35.1 Å². The van der Waals surface area contributed by atoms with E-state index in [9.17, 15) is 5.11 Å². The predicted molar refractivity (Wildman–Crippen MR) is 113 cm³/mol. The first-order valence-electron chi connectivity index (χ1n) is 10.1. The van der Waals surface area contributed by atoms with Gasteiger partial charge in [0.1, 0.15) is 10.8 Å². The number of aromatic hydroxyl groups is 1. The van der Waals surface area contributed by atoms with E-state index >= 15 is 0 Å². The topological polar surface area (TPSA) is 76.7 Å². The molecule has 1 aromatic carbocycles. The molecule has 1 N–H and O–H groups in total. The third-order valence-corrected chi connectivity index (χ3v) is 7.57. The Morgan fingerprint density at radius 3 is 2.55 bits per heavy atom. The summed E-state index contributed by atoms with van der Waals surface area (Å²) in [5.74, 6) is 0.565. The fourth-order valence-electron chi connectivity index (χ4n) is 5.31. The highest BCUT2D eigenvalue weighted by Crippen LogP contribution is 2.60. The van der Waals surface area contributed by atoms with Crippen molar-refractivity contribution in [3.63, 3.8) is 0 Å². The summed E-state index contributed by atoms with van der Waals surface area (Å²) in [5.41, 5.74) is 2.37. The number of fused-ring (bicyclic) bond motifs is 2. The van der Waals surface area contributed by atoms with Crippen LogP contribution in [0.2, 0.25) is 0 Å². The maximum absolute atomic E-state index is 10.4. The quantitative estimate of drug-likeness (QED) is 0.664. The molecule has 2 bridgehead atoms. The Morgan fingerprint density at radius 1 is 1.14 bits per heavy atom. The summed E-state index contributed by atoms with van der Waals surface area (Å²) in [6.07, 6.45) is 13.5. The first-order valence-corrected chi connectivity index (χ1v) is 11.0. The molecule has 29 heavy (non-hydrogen) atoms. The van der Waals surface area contributed by atoms with Gasteiger partial charge in [-0.3, -0.25) is 0 Å². The first kappa shape index (κ1) is 18.6. The molecule has 0 spiro atoms. The van der Waals surface area contributed by atoms with Crippen molar-refractivity contribution in [3.05, 3.63) is 43.1 Å². The van der Waals surface area contributed by atoms with E-state index in [1.807, 2.05) is 34.7 Å². The minimum absolute atomic E-state index is 0.128. The standard InChI is InChI=1S/C22H25N5OS/c1-21-5-6-22(2,13-21)11-16(10-21)29-19-12-24-20(26-25-19)17-4-3-15(9-18(17)28)27-8-7-23-14-27/h3-4,7-9,12,14,16,28H,5-6,10-11,13H2,1-2H3/t16-,21-,22+. The lowest BCUT2D eigenvalue weighted by Crippen LogP contribution is -2.31. The maximum atomic E-state index is 10.4. The van der Waals surface area contributed by atoms with Gasteiger partial charge < -0.3 is 9.67 Å². The van der Waals surface area contributed by atoms with Crippen LogP contribution in [0.1, 0.15) is 46.0 Å². The predicted octanol–water partition coefficient (Wildman–Crippen LogP) is 4.88. The molecule has 3 aromatic rings. The van der Waals surface area contributed by atoms with E-state index in [0.29, 0.717) is 27.5 Å². The fraction of sp³-hybridized carbons (Fsp3) is 0.455. The van der Waals surface area contributed by atoms with E-state index in [1.54, 1.807) is 24.8 Å². The minimum atomic E-state index is 0.128. The molecule has 6 nitrogen and oxygen atoms in total. The van der Waals surface area contributed by atoms with Gasteiger partial charge in [0.2, 0.25) is 0 Å². The minimum Gasteiger partial charge on any atom is -0.507 e. The van der Waals surface area contributed by atoms with E-state index < -0.39 is 0 Å². The molecule has 2 saturated carbocycles. The van der Waals surface area contributed by atoms with Gasteiger partial charge in [-0.1, -0.05) is 25.6 Å². The van der Waals surface area contributed by atoms with Crippen LogP contribution in [0.4, 0.5) is 0 Å². The van der Waals surface area contributed by atoms with Gasteiger partial charge in [-0.25, -0.2) is 9.97 Å². The number of phenolic OH excluding ortho intramolecular Hbond substituents is 1. The van der Waals surface area contributed by atoms with E-state index in [0.717, 1.165) is 10.7 Å². The van der Waals surface area contributed by atoms with Crippen molar-refractivity contribution in [1.82, 2.24) is 24.7 Å². The highest BCUT2D eigenvalue weighted by Gasteiger charge is 2.49. The molecule has 0 amide bonds. The van der Waals surface area contributed by atoms with Crippen LogP contribution in [-0.2, 0) is 0 Å². The molecular formula is C22H25N5OS. The lowest BCUT2D eigenvalue weighted by atomic mass is 9.71. The summed E-state index contributed by atoms with van der Waals surface area (Å²) in [4.78, 5) is 8.51. The first-order chi connectivity index (χ1) is 13.9. The highest BCUT2D eigenvalue weighted by atomic mass is 32.2. The zero-order valence-electron chi connectivity index (χ0n) is 16.7. The molecule has 2 aromatic heterocycles. The summed E-state index contributed by atoms with van der Waals surface area (Å²) < 4.78 is 1.83. The number of hydrogen-bond donors (Lipinski definition) is 1. The van der Waals surface area contributed by atoms with E-state index in [1.165, 1.54) is 32.1 Å². The Balaban J connectivity index is 1.32. The lowest BCUT2D eigenvalue weighted by molar-refractivity contribution is 0.177. The van der Waals surface area contributed by atoms with E-state index in [2.05, 4.69) is 34.0 Å². The summed E-state index contributed by atoms with van der Waals surface area (Å²) in [6, 6.07) is 5.40. The Morgan fingerprint density at radius 2 is 1.93 bits per heavy atom. The van der Waals surface area contributed by atoms with Crippen LogP contribution in [0.15, 0.2) is 48.1 Å². The number of hydrogen-bond acceptors (Lipinski definition) is 6. The number of imidazole rings is 1. The third kappa shape index (κ3) is 3.64. The summed E-state index contributed by atoms with van der Waals surface area (Å²) in [5, 5.41) is 20.6. The number of nitrogens with zero attached hydrogens (tertiary/aromatic N) is 5. The summed E-state index contributed by atoms with van der Waals surface area (Å²) >= 11 is 1.81. The second kappa shape index (κ2) is 6.83. The van der Waals surface area contributed by atoms with Crippen molar-refractivity contribution in [2.75, 3.05) is 0 Å². The van der Waals surface area contributed by atoms with E-state index in [-0.39, 0.29) is 5.75 Å². The van der Waals surface area contributed by atoms with Crippen LogP contribution in [0, 0.1) is 10.8 Å². The highest BCUT2D eigenvalue weighted by molar-refractivity contribution is 7.99. The Kier molecular flexibility index (Phi) is 4.38. The van der Waals surface area contributed by atoms with Crippen molar-refractivity contribution >= 4 is 11.8 Å². The molecule has 150 valence electrons. The van der Waals surface area contributed by atoms with Crippen molar-refractivity contribution in [1.29, 1.82) is 0 Å². The molecule has 2 heterocycles. The van der Waals surface area contributed by atoms with Gasteiger partial charge in [-0.15, -0.1) is 10.2 Å². The molecule has 0 saturated heterocycles. The second-order valence-corrected chi connectivity index (χ2v) is 10.6. The molecule has 2 aliphatic rings. The SMILES string of the molecule is C[C@]12CC[C@](C)(C[C@@H](Sc3cnc(-c4ccc(-n5ccnc5)cc4O)nn3)C1)C2. The van der Waals surface area contributed by atoms with Gasteiger partial charge in [0.05, 0.1) is 23.8 Å². The van der Waals surface area contributed by atoms with Gasteiger partial charge in [0.25, 0.3) is 0 Å². The van der Waals surface area contributed by atoms with Crippen molar-refractivity contribution < 1.29 is 5.11 Å². The molecule has 0 unspecified atom stereocenters. The molecule has 2 aliphatic carbocycles. The average Bonchev–Trinajstić information content (AvgIpc) is 3.28. The van der Waals surface area contributed by atoms with Crippen molar-refractivity contribution in [2.45, 2.75) is 56.2 Å². The maximum Gasteiger partial charge on any atom is 0.185 e. The van der Waals surface area contributed by atoms with Gasteiger partial charge >= 0.3 is 0 Å². The number of thioether (sulfide) groups is 1. The smallest absolute Gasteiger partial charge is 0.185 e. The second-order valence-electron chi connectivity index (χ2n) is 9.24. The number of benzene rings is 1. The van der Waals surface area contributed by atoms with Gasteiger partial charge in [-0.2, -0.15) is 0 Å². The van der Waals surface area contributed by atoms with Crippen LogP contribution in [0.25, 0.3) is 17.1 Å². The van der Waals surface area contributed by atoms with E-state index in [4.69, 9.17) is 0 Å². The Labute approximate surface area is 174 Å². The van der Waals surface area contributed by atoms with Crippen molar-refractivity contribution in [2.24, 2.45) is 10.8 Å². The third-order valence-electron chi connectivity index (χ3n) is 6.48. The number of rotatable bonds is 4. The molecule has 3 atom stereocenters. The fourth-order valence-corrected chi connectivity index (χ4v) is 6.82. The molecular weight excluding hydrogens is 382 g/mol. The molecule has 0 aliphatic heterocycles. The molecule has 2 fully saturated rings. The zero-order chi connectivity index (χ0) is 20.1. The van der Waals surface area contributed by atoms with Gasteiger partial charge in [0.15, 0.2) is 5.82 Å². The largest absolute Gasteiger partial charge is 0.507 e. The zero-order valence-corrected chi connectivity index (χ0v) is 17.6. The summed E-state index contributed by atoms with van der Waals surface area (Å²) in [6.45, 7) is 4.88. The molecule has 0 radical (unpaired) electrons. The normalized spacial score (nSPS) is 28.6. The van der Waals surface area contributed by atoms with Crippen LogP contribution >= 0.6 is 11.8 Å². The molecule has 7 heteroatoms. The lowest BCUT2D eigenvalue weighted by Gasteiger charge is -2.39.